The molecular formula is C11H12FN. The normalized spacial score (nSPS) is 12.1. The Morgan fingerprint density at radius 3 is 2.46 bits per heavy atom. The summed E-state index contributed by atoms with van der Waals surface area (Å²) in [7, 11) is 0. The molecule has 13 heavy (non-hydrogen) atoms. The van der Waals surface area contributed by atoms with E-state index in [0.29, 0.717) is 18.5 Å². The number of alkyl halides is 1. The summed E-state index contributed by atoms with van der Waals surface area (Å²) < 4.78 is 13.2. The van der Waals surface area contributed by atoms with Gasteiger partial charge in [-0.2, -0.15) is 0 Å². The molecule has 0 heterocycles. The summed E-state index contributed by atoms with van der Waals surface area (Å²) >= 11 is 0. The van der Waals surface area contributed by atoms with E-state index < -0.39 is 6.17 Å². The molecule has 1 aromatic rings. The van der Waals surface area contributed by atoms with E-state index in [4.69, 9.17) is 12.2 Å². The summed E-state index contributed by atoms with van der Waals surface area (Å²) in [5.74, 6) is 2.48. The van der Waals surface area contributed by atoms with Crippen LogP contribution in [0.3, 0.4) is 0 Å². The maximum Gasteiger partial charge on any atom is 0.126 e. The highest BCUT2D eigenvalue weighted by atomic mass is 19.1. The lowest BCUT2D eigenvalue weighted by Gasteiger charge is -2.06. The molecule has 0 spiro atoms. The van der Waals surface area contributed by atoms with Gasteiger partial charge in [-0.15, -0.1) is 6.42 Å². The summed E-state index contributed by atoms with van der Waals surface area (Å²) in [6.07, 6.45) is 4.55. The van der Waals surface area contributed by atoms with Crippen molar-refractivity contribution in [2.24, 2.45) is 5.73 Å². The lowest BCUT2D eigenvalue weighted by molar-refractivity contribution is 0.328. The smallest absolute Gasteiger partial charge is 0.126 e. The Morgan fingerprint density at radius 2 is 2.00 bits per heavy atom. The Labute approximate surface area is 77.8 Å². The molecule has 0 amide bonds. The van der Waals surface area contributed by atoms with Crippen LogP contribution in [0.2, 0.25) is 0 Å². The maximum atomic E-state index is 13.2. The van der Waals surface area contributed by atoms with Crippen molar-refractivity contribution in [3.8, 4) is 12.3 Å². The van der Waals surface area contributed by atoms with Gasteiger partial charge in [0.2, 0.25) is 0 Å². The molecule has 68 valence electrons. The Kier molecular flexibility index (Phi) is 3.48. The Hall–Kier alpha value is -1.33. The molecule has 0 saturated heterocycles. The second-order valence-electron chi connectivity index (χ2n) is 2.81. The molecule has 1 atom stereocenters. The molecule has 1 unspecified atom stereocenters. The molecule has 0 aliphatic carbocycles. The highest BCUT2D eigenvalue weighted by Gasteiger charge is 2.07. The maximum absolute atomic E-state index is 13.2. The average Bonchev–Trinajstić information content (AvgIpc) is 2.18. The van der Waals surface area contributed by atoms with E-state index >= 15 is 0 Å². The molecule has 1 rings (SSSR count). The summed E-state index contributed by atoms with van der Waals surface area (Å²) in [6.45, 7) is 0.359. The van der Waals surface area contributed by atoms with E-state index in [1.165, 1.54) is 0 Å². The SMILES string of the molecule is C#Cc1ccc(C(F)CCN)cc1. The van der Waals surface area contributed by atoms with E-state index in [1.807, 2.05) is 0 Å². The van der Waals surface area contributed by atoms with E-state index in [-0.39, 0.29) is 0 Å². The van der Waals surface area contributed by atoms with E-state index in [9.17, 15) is 4.39 Å². The van der Waals surface area contributed by atoms with Gasteiger partial charge >= 0.3 is 0 Å². The summed E-state index contributed by atoms with van der Waals surface area (Å²) in [5, 5.41) is 0. The predicted octanol–water partition coefficient (Wildman–Crippen LogP) is 2.03. The van der Waals surface area contributed by atoms with E-state index in [1.54, 1.807) is 24.3 Å². The molecule has 2 N–H and O–H groups in total. The van der Waals surface area contributed by atoms with Gasteiger partial charge in [0.1, 0.15) is 6.17 Å². The van der Waals surface area contributed by atoms with Crippen LogP contribution < -0.4 is 5.73 Å². The Morgan fingerprint density at radius 1 is 1.38 bits per heavy atom. The van der Waals surface area contributed by atoms with Crippen molar-refractivity contribution in [2.45, 2.75) is 12.6 Å². The van der Waals surface area contributed by atoms with Crippen LogP contribution in [-0.4, -0.2) is 6.54 Å². The van der Waals surface area contributed by atoms with Crippen molar-refractivity contribution in [3.05, 3.63) is 35.4 Å². The summed E-state index contributed by atoms with van der Waals surface area (Å²) in [6, 6.07) is 6.88. The number of benzene rings is 1. The lowest BCUT2D eigenvalue weighted by Crippen LogP contribution is -2.03. The molecule has 2 heteroatoms. The first-order valence-electron chi connectivity index (χ1n) is 4.18. The van der Waals surface area contributed by atoms with Gasteiger partial charge in [0.05, 0.1) is 0 Å². The molecule has 0 aromatic heterocycles. The first kappa shape index (κ1) is 9.76. The number of terminal acetylenes is 1. The third-order valence-electron chi connectivity index (χ3n) is 1.86. The molecule has 1 aromatic carbocycles. The fourth-order valence-electron chi connectivity index (χ4n) is 1.10. The van der Waals surface area contributed by atoms with Crippen molar-refractivity contribution in [2.75, 3.05) is 6.54 Å². The van der Waals surface area contributed by atoms with Crippen molar-refractivity contribution in [1.29, 1.82) is 0 Å². The van der Waals surface area contributed by atoms with Gasteiger partial charge in [0.15, 0.2) is 0 Å². The monoisotopic (exact) mass is 177 g/mol. The minimum Gasteiger partial charge on any atom is -0.330 e. The van der Waals surface area contributed by atoms with Crippen LogP contribution in [0, 0.1) is 12.3 Å². The molecule has 0 fully saturated rings. The highest BCUT2D eigenvalue weighted by Crippen LogP contribution is 2.20. The first-order valence-corrected chi connectivity index (χ1v) is 4.18. The third-order valence-corrected chi connectivity index (χ3v) is 1.86. The van der Waals surface area contributed by atoms with Crippen LogP contribution >= 0.6 is 0 Å². The summed E-state index contributed by atoms with van der Waals surface area (Å²) in [4.78, 5) is 0. The standard InChI is InChI=1S/C11H12FN/c1-2-9-3-5-10(6-4-9)11(12)7-8-13/h1,3-6,11H,7-8,13H2. The zero-order valence-electron chi connectivity index (χ0n) is 7.33. The van der Waals surface area contributed by atoms with Crippen LogP contribution in [0.4, 0.5) is 4.39 Å². The summed E-state index contributed by atoms with van der Waals surface area (Å²) in [5.41, 5.74) is 6.66. The number of hydrogen-bond donors (Lipinski definition) is 1. The van der Waals surface area contributed by atoms with Gasteiger partial charge in [0, 0.05) is 5.56 Å². The minimum absolute atomic E-state index is 0.357. The van der Waals surface area contributed by atoms with Crippen LogP contribution in [0.5, 0.6) is 0 Å². The zero-order chi connectivity index (χ0) is 9.68. The van der Waals surface area contributed by atoms with Crippen LogP contribution in [0.1, 0.15) is 23.7 Å². The van der Waals surface area contributed by atoms with Crippen molar-refractivity contribution in [1.82, 2.24) is 0 Å². The largest absolute Gasteiger partial charge is 0.330 e. The average molecular weight is 177 g/mol. The van der Waals surface area contributed by atoms with Gasteiger partial charge in [-0.3, -0.25) is 0 Å². The molecule has 0 radical (unpaired) electrons. The van der Waals surface area contributed by atoms with Gasteiger partial charge in [-0.1, -0.05) is 18.1 Å². The van der Waals surface area contributed by atoms with Crippen molar-refractivity contribution in [3.63, 3.8) is 0 Å². The Bertz CT molecular complexity index is 297. The first-order chi connectivity index (χ1) is 6.27. The zero-order valence-corrected chi connectivity index (χ0v) is 7.33. The fourth-order valence-corrected chi connectivity index (χ4v) is 1.10. The molecule has 0 bridgehead atoms. The topological polar surface area (TPSA) is 26.0 Å². The fraction of sp³-hybridized carbons (Fsp3) is 0.273. The molecule has 0 aliphatic heterocycles. The number of rotatable bonds is 3. The number of nitrogens with two attached hydrogens (primary N) is 1. The second-order valence-corrected chi connectivity index (χ2v) is 2.81. The van der Waals surface area contributed by atoms with Crippen molar-refractivity contribution >= 4 is 0 Å². The van der Waals surface area contributed by atoms with Gasteiger partial charge in [-0.05, 0) is 30.7 Å². The van der Waals surface area contributed by atoms with Gasteiger partial charge in [-0.25, -0.2) is 4.39 Å². The minimum atomic E-state index is -0.975. The molecule has 0 aliphatic rings. The Balaban J connectivity index is 2.75. The predicted molar refractivity (Wildman–Crippen MR) is 51.9 cm³/mol. The van der Waals surface area contributed by atoms with Crippen molar-refractivity contribution < 1.29 is 4.39 Å². The van der Waals surface area contributed by atoms with E-state index in [2.05, 4.69) is 5.92 Å². The third kappa shape index (κ3) is 2.57. The quantitative estimate of drug-likeness (QED) is 0.702. The highest BCUT2D eigenvalue weighted by molar-refractivity contribution is 5.34. The lowest BCUT2D eigenvalue weighted by atomic mass is 10.1. The van der Waals surface area contributed by atoms with E-state index in [0.717, 1.165) is 5.56 Å². The number of halogens is 1. The second kappa shape index (κ2) is 4.64. The van der Waals surface area contributed by atoms with Gasteiger partial charge < -0.3 is 5.73 Å². The van der Waals surface area contributed by atoms with Crippen LogP contribution in [0.15, 0.2) is 24.3 Å². The van der Waals surface area contributed by atoms with Gasteiger partial charge in [0.25, 0.3) is 0 Å². The van der Waals surface area contributed by atoms with Crippen LogP contribution in [-0.2, 0) is 0 Å². The number of hydrogen-bond acceptors (Lipinski definition) is 1. The molecule has 0 saturated carbocycles. The molecular weight excluding hydrogens is 165 g/mol. The van der Waals surface area contributed by atoms with Crippen LogP contribution in [0.25, 0.3) is 0 Å². The molecule has 1 nitrogen and oxygen atoms in total.